The molecule has 0 bridgehead atoms. The molecule has 2 aromatic rings. The summed E-state index contributed by atoms with van der Waals surface area (Å²) in [6.07, 6.45) is 3.51. The van der Waals surface area contributed by atoms with Crippen LogP contribution in [-0.4, -0.2) is 38.9 Å². The predicted octanol–water partition coefficient (Wildman–Crippen LogP) is 1.49. The molecule has 1 aliphatic heterocycles. The zero-order valence-electron chi connectivity index (χ0n) is 12.7. The number of benzene rings is 1. The number of likely N-dealkylation sites (tertiary alicyclic amines) is 1. The van der Waals surface area contributed by atoms with E-state index in [1.54, 1.807) is 18.3 Å². The van der Waals surface area contributed by atoms with E-state index in [1.807, 2.05) is 0 Å². The van der Waals surface area contributed by atoms with E-state index in [0.29, 0.717) is 5.69 Å². The standard InChI is InChI=1S/C16H15FN4O3/c17-12-10-11(2-3-13(12)21-8-1-7-18-21)19-14(22)6-9-20-15(23)4-5-16(20)24/h1-3,7-8,10H,4-6,9H2,(H,19,22). The van der Waals surface area contributed by atoms with E-state index in [1.165, 1.54) is 23.0 Å². The SMILES string of the molecule is O=C(CCN1C(=O)CCC1=O)Nc1ccc(-n2cccn2)c(F)c1. The number of carbonyl (C=O) groups excluding carboxylic acids is 3. The van der Waals surface area contributed by atoms with E-state index in [9.17, 15) is 18.8 Å². The summed E-state index contributed by atoms with van der Waals surface area (Å²) in [5.41, 5.74) is 0.568. The highest BCUT2D eigenvalue weighted by molar-refractivity contribution is 6.02. The molecule has 1 N–H and O–H groups in total. The maximum absolute atomic E-state index is 14.1. The predicted molar refractivity (Wildman–Crippen MR) is 82.7 cm³/mol. The molecule has 0 radical (unpaired) electrons. The van der Waals surface area contributed by atoms with Gasteiger partial charge in [-0.25, -0.2) is 9.07 Å². The molecule has 124 valence electrons. The first-order valence-electron chi connectivity index (χ1n) is 7.47. The summed E-state index contributed by atoms with van der Waals surface area (Å²) in [7, 11) is 0. The fourth-order valence-electron chi connectivity index (χ4n) is 2.49. The van der Waals surface area contributed by atoms with Crippen LogP contribution in [0.3, 0.4) is 0 Å². The second kappa shape index (κ2) is 6.61. The van der Waals surface area contributed by atoms with Crippen molar-refractivity contribution in [3.8, 4) is 5.69 Å². The summed E-state index contributed by atoms with van der Waals surface area (Å²) in [5, 5.41) is 6.50. The van der Waals surface area contributed by atoms with Gasteiger partial charge >= 0.3 is 0 Å². The van der Waals surface area contributed by atoms with E-state index < -0.39 is 11.7 Å². The third-order valence-electron chi connectivity index (χ3n) is 3.70. The van der Waals surface area contributed by atoms with Crippen molar-refractivity contribution in [3.63, 3.8) is 0 Å². The number of halogens is 1. The Morgan fingerprint density at radius 1 is 1.25 bits per heavy atom. The van der Waals surface area contributed by atoms with Crippen molar-refractivity contribution >= 4 is 23.4 Å². The van der Waals surface area contributed by atoms with Crippen molar-refractivity contribution in [1.82, 2.24) is 14.7 Å². The number of imide groups is 1. The van der Waals surface area contributed by atoms with Crippen LogP contribution in [-0.2, 0) is 14.4 Å². The van der Waals surface area contributed by atoms with Gasteiger partial charge in [0.05, 0.1) is 0 Å². The summed E-state index contributed by atoms with van der Waals surface area (Å²) >= 11 is 0. The Morgan fingerprint density at radius 2 is 2.00 bits per heavy atom. The normalized spacial score (nSPS) is 14.3. The molecule has 0 unspecified atom stereocenters. The van der Waals surface area contributed by atoms with Crippen molar-refractivity contribution < 1.29 is 18.8 Å². The molecule has 0 atom stereocenters. The molecule has 24 heavy (non-hydrogen) atoms. The molecule has 0 spiro atoms. The zero-order chi connectivity index (χ0) is 17.1. The molecule has 7 nitrogen and oxygen atoms in total. The highest BCUT2D eigenvalue weighted by atomic mass is 19.1. The molecule has 8 heteroatoms. The maximum Gasteiger partial charge on any atom is 0.229 e. The molecule has 1 aromatic heterocycles. The van der Waals surface area contributed by atoms with Crippen LogP contribution >= 0.6 is 0 Å². The Labute approximate surface area is 137 Å². The highest BCUT2D eigenvalue weighted by Crippen LogP contribution is 2.18. The maximum atomic E-state index is 14.1. The van der Waals surface area contributed by atoms with Gasteiger partial charge < -0.3 is 5.32 Å². The summed E-state index contributed by atoms with van der Waals surface area (Å²) in [6, 6.07) is 5.94. The van der Waals surface area contributed by atoms with Gasteiger partial charge in [-0.05, 0) is 24.3 Å². The molecule has 1 aromatic carbocycles. The van der Waals surface area contributed by atoms with Gasteiger partial charge in [-0.2, -0.15) is 5.10 Å². The second-order valence-electron chi connectivity index (χ2n) is 5.35. The first-order chi connectivity index (χ1) is 11.5. The molecule has 0 saturated carbocycles. The van der Waals surface area contributed by atoms with E-state index >= 15 is 0 Å². The minimum Gasteiger partial charge on any atom is -0.326 e. The van der Waals surface area contributed by atoms with Crippen molar-refractivity contribution in [3.05, 3.63) is 42.5 Å². The van der Waals surface area contributed by atoms with Crippen LogP contribution in [0.5, 0.6) is 0 Å². The summed E-state index contributed by atoms with van der Waals surface area (Å²) in [4.78, 5) is 35.9. The molecule has 3 rings (SSSR count). The van der Waals surface area contributed by atoms with Crippen molar-refractivity contribution in [1.29, 1.82) is 0 Å². The first-order valence-corrected chi connectivity index (χ1v) is 7.47. The average molecular weight is 330 g/mol. The summed E-state index contributed by atoms with van der Waals surface area (Å²) < 4.78 is 15.5. The molecular formula is C16H15FN4O3. The minimum atomic E-state index is -0.526. The van der Waals surface area contributed by atoms with Crippen LogP contribution in [0, 0.1) is 5.82 Å². The fraction of sp³-hybridized carbons (Fsp3) is 0.250. The fourth-order valence-corrected chi connectivity index (χ4v) is 2.49. The van der Waals surface area contributed by atoms with Gasteiger partial charge in [0, 0.05) is 43.9 Å². The topological polar surface area (TPSA) is 84.3 Å². The smallest absolute Gasteiger partial charge is 0.229 e. The number of anilines is 1. The second-order valence-corrected chi connectivity index (χ2v) is 5.35. The van der Waals surface area contributed by atoms with E-state index in [2.05, 4.69) is 10.4 Å². The van der Waals surface area contributed by atoms with Gasteiger partial charge in [0.2, 0.25) is 17.7 Å². The molecule has 0 aliphatic carbocycles. The Morgan fingerprint density at radius 3 is 2.62 bits per heavy atom. The lowest BCUT2D eigenvalue weighted by atomic mass is 10.2. The average Bonchev–Trinajstić information content (AvgIpc) is 3.17. The van der Waals surface area contributed by atoms with Crippen LogP contribution in [0.4, 0.5) is 10.1 Å². The third-order valence-corrected chi connectivity index (χ3v) is 3.70. The number of hydrogen-bond acceptors (Lipinski definition) is 4. The lowest BCUT2D eigenvalue weighted by Crippen LogP contribution is -2.32. The van der Waals surface area contributed by atoms with Gasteiger partial charge in [-0.1, -0.05) is 0 Å². The summed E-state index contributed by atoms with van der Waals surface area (Å²) in [6.45, 7) is 0.0390. The van der Waals surface area contributed by atoms with Gasteiger partial charge in [0.1, 0.15) is 5.69 Å². The lowest BCUT2D eigenvalue weighted by molar-refractivity contribution is -0.138. The Balaban J connectivity index is 1.59. The number of amides is 3. The third kappa shape index (κ3) is 3.32. The Hall–Kier alpha value is -3.03. The van der Waals surface area contributed by atoms with Crippen LogP contribution in [0.25, 0.3) is 5.69 Å². The van der Waals surface area contributed by atoms with Gasteiger partial charge in [0.25, 0.3) is 0 Å². The van der Waals surface area contributed by atoms with Crippen molar-refractivity contribution in [2.24, 2.45) is 0 Å². The summed E-state index contributed by atoms with van der Waals surface area (Å²) in [5.74, 6) is -1.44. The zero-order valence-corrected chi connectivity index (χ0v) is 12.7. The van der Waals surface area contributed by atoms with E-state index in [0.717, 1.165) is 4.90 Å². The van der Waals surface area contributed by atoms with Crippen LogP contribution in [0.15, 0.2) is 36.7 Å². The Bertz CT molecular complexity index is 773. The number of nitrogens with one attached hydrogen (secondary N) is 1. The molecular weight excluding hydrogens is 315 g/mol. The van der Waals surface area contributed by atoms with Crippen molar-refractivity contribution in [2.75, 3.05) is 11.9 Å². The first kappa shape index (κ1) is 15.9. The largest absolute Gasteiger partial charge is 0.326 e. The monoisotopic (exact) mass is 330 g/mol. The van der Waals surface area contributed by atoms with Gasteiger partial charge in [0.15, 0.2) is 5.82 Å². The molecule has 1 saturated heterocycles. The molecule has 3 amide bonds. The van der Waals surface area contributed by atoms with E-state index in [-0.39, 0.29) is 43.3 Å². The lowest BCUT2D eigenvalue weighted by Gasteiger charge is -2.13. The van der Waals surface area contributed by atoms with Gasteiger partial charge in [-0.15, -0.1) is 0 Å². The van der Waals surface area contributed by atoms with Crippen LogP contribution in [0.1, 0.15) is 19.3 Å². The minimum absolute atomic E-state index is 0.0278. The number of rotatable bonds is 5. The number of carbonyl (C=O) groups is 3. The van der Waals surface area contributed by atoms with E-state index in [4.69, 9.17) is 0 Å². The van der Waals surface area contributed by atoms with Gasteiger partial charge in [-0.3, -0.25) is 19.3 Å². The number of nitrogens with zero attached hydrogens (tertiary/aromatic N) is 3. The quantitative estimate of drug-likeness (QED) is 0.842. The van der Waals surface area contributed by atoms with Crippen molar-refractivity contribution in [2.45, 2.75) is 19.3 Å². The number of hydrogen-bond donors (Lipinski definition) is 1. The number of aromatic nitrogens is 2. The van der Waals surface area contributed by atoms with Crippen LogP contribution < -0.4 is 5.32 Å². The van der Waals surface area contributed by atoms with Crippen LogP contribution in [0.2, 0.25) is 0 Å². The Kier molecular flexibility index (Phi) is 4.37. The molecule has 1 fully saturated rings. The molecule has 1 aliphatic rings. The highest BCUT2D eigenvalue weighted by Gasteiger charge is 2.28. The molecule has 2 heterocycles.